The van der Waals surface area contributed by atoms with Crippen LogP contribution >= 0.6 is 11.6 Å². The highest BCUT2D eigenvalue weighted by molar-refractivity contribution is 6.30. The number of carbonyl (C=O) groups is 2. The Balaban J connectivity index is 1.46. The fourth-order valence-corrected chi connectivity index (χ4v) is 3.38. The first-order valence-electron chi connectivity index (χ1n) is 9.73. The third kappa shape index (κ3) is 4.76. The Bertz CT molecular complexity index is 1190. The number of ketones is 2. The molecule has 4 nitrogen and oxygen atoms in total. The minimum absolute atomic E-state index is 0.129. The molecule has 1 heterocycles. The van der Waals surface area contributed by atoms with Crippen molar-refractivity contribution < 1.29 is 19.1 Å². The van der Waals surface area contributed by atoms with Crippen LogP contribution in [0.25, 0.3) is 6.08 Å². The number of allylic oxidation sites excluding steroid dienone is 3. The Morgan fingerprint density at radius 3 is 2.55 bits per heavy atom. The molecule has 0 N–H and O–H groups in total. The predicted molar refractivity (Wildman–Crippen MR) is 121 cm³/mol. The van der Waals surface area contributed by atoms with E-state index in [0.29, 0.717) is 27.6 Å². The number of ether oxygens (including phenoxy) is 2. The number of aryl methyl sites for hydroxylation is 1. The minimum Gasteiger partial charge on any atom is -0.485 e. The molecule has 31 heavy (non-hydrogen) atoms. The Morgan fingerprint density at radius 2 is 1.81 bits per heavy atom. The van der Waals surface area contributed by atoms with E-state index < -0.39 is 0 Å². The Labute approximate surface area is 185 Å². The van der Waals surface area contributed by atoms with Crippen LogP contribution in [0.4, 0.5) is 0 Å². The van der Waals surface area contributed by atoms with E-state index in [1.165, 1.54) is 0 Å². The lowest BCUT2D eigenvalue weighted by Crippen LogP contribution is -2.11. The first-order chi connectivity index (χ1) is 15.0. The number of hydrogen-bond acceptors (Lipinski definition) is 4. The molecule has 0 radical (unpaired) electrons. The third-order valence-electron chi connectivity index (χ3n) is 4.82. The van der Waals surface area contributed by atoms with Crippen LogP contribution in [0.3, 0.4) is 0 Å². The van der Waals surface area contributed by atoms with Gasteiger partial charge in [0.25, 0.3) is 0 Å². The van der Waals surface area contributed by atoms with E-state index in [9.17, 15) is 9.59 Å². The molecule has 0 saturated carbocycles. The summed E-state index contributed by atoms with van der Waals surface area (Å²) in [5.74, 6) is 0.804. The third-order valence-corrected chi connectivity index (χ3v) is 5.07. The fourth-order valence-electron chi connectivity index (χ4n) is 3.25. The summed E-state index contributed by atoms with van der Waals surface area (Å²) < 4.78 is 11.4. The van der Waals surface area contributed by atoms with E-state index in [4.69, 9.17) is 21.1 Å². The molecular weight excluding hydrogens is 412 g/mol. The summed E-state index contributed by atoms with van der Waals surface area (Å²) in [6.07, 6.45) is 5.34. The highest BCUT2D eigenvalue weighted by Gasteiger charge is 2.29. The molecule has 1 aliphatic rings. The van der Waals surface area contributed by atoms with E-state index >= 15 is 0 Å². The van der Waals surface area contributed by atoms with Gasteiger partial charge in [0.2, 0.25) is 5.78 Å². The van der Waals surface area contributed by atoms with Crippen LogP contribution in [-0.4, -0.2) is 18.2 Å². The van der Waals surface area contributed by atoms with Crippen molar-refractivity contribution in [2.45, 2.75) is 6.92 Å². The maximum Gasteiger partial charge on any atom is 0.232 e. The maximum absolute atomic E-state index is 12.7. The first-order valence-corrected chi connectivity index (χ1v) is 10.1. The van der Waals surface area contributed by atoms with Gasteiger partial charge in [0, 0.05) is 16.7 Å². The lowest BCUT2D eigenvalue weighted by molar-refractivity contribution is 0.0920. The largest absolute Gasteiger partial charge is 0.485 e. The zero-order valence-electron chi connectivity index (χ0n) is 16.8. The molecule has 0 spiro atoms. The van der Waals surface area contributed by atoms with Gasteiger partial charge in [-0.05, 0) is 54.5 Å². The zero-order valence-corrected chi connectivity index (χ0v) is 17.6. The van der Waals surface area contributed by atoms with Gasteiger partial charge in [-0.25, -0.2) is 0 Å². The Kier molecular flexibility index (Phi) is 6.01. The average Bonchev–Trinajstić information content (AvgIpc) is 3.09. The molecule has 3 aromatic carbocycles. The van der Waals surface area contributed by atoms with Crippen LogP contribution in [0.2, 0.25) is 5.02 Å². The van der Waals surface area contributed by atoms with E-state index in [1.54, 1.807) is 48.6 Å². The lowest BCUT2D eigenvalue weighted by Gasteiger charge is -2.09. The Morgan fingerprint density at radius 1 is 1.06 bits per heavy atom. The van der Waals surface area contributed by atoms with Crippen LogP contribution in [0.1, 0.15) is 31.8 Å². The zero-order chi connectivity index (χ0) is 21.8. The minimum atomic E-state index is -0.172. The molecule has 0 saturated heterocycles. The van der Waals surface area contributed by atoms with Gasteiger partial charge >= 0.3 is 0 Å². The molecule has 0 aromatic heterocycles. The quantitative estimate of drug-likeness (QED) is 0.351. The van der Waals surface area contributed by atoms with E-state index in [0.717, 1.165) is 11.1 Å². The van der Waals surface area contributed by atoms with E-state index in [1.807, 2.05) is 43.3 Å². The van der Waals surface area contributed by atoms with Gasteiger partial charge in [-0.1, -0.05) is 54.1 Å². The molecule has 4 rings (SSSR count). The van der Waals surface area contributed by atoms with E-state index in [-0.39, 0.29) is 23.9 Å². The molecule has 0 unspecified atom stereocenters. The fraction of sp³-hybridized carbons (Fsp3) is 0.0769. The molecule has 5 heteroatoms. The van der Waals surface area contributed by atoms with Crippen LogP contribution < -0.4 is 9.47 Å². The number of Topliss-reactive ketones (excluding diaryl/α,β-unsaturated/α-hetero) is 2. The standard InChI is InChI=1S/C26H19ClO4/c1-17-14-21(30-16-22(28)19-10-12-20(27)13-11-19)15-24-25(17)26(29)23(31-24)9-5-8-18-6-3-2-4-7-18/h2-15H,16H2,1H3/b8-5+,23-9-. The summed E-state index contributed by atoms with van der Waals surface area (Å²) in [4.78, 5) is 25.0. The van der Waals surface area contributed by atoms with Crippen molar-refractivity contribution in [1.29, 1.82) is 0 Å². The molecule has 3 aromatic rings. The van der Waals surface area contributed by atoms with Gasteiger partial charge in [-0.3, -0.25) is 9.59 Å². The van der Waals surface area contributed by atoms with Gasteiger partial charge in [0.15, 0.2) is 18.1 Å². The van der Waals surface area contributed by atoms with Crippen molar-refractivity contribution in [1.82, 2.24) is 0 Å². The summed E-state index contributed by atoms with van der Waals surface area (Å²) in [5.41, 5.74) is 2.78. The van der Waals surface area contributed by atoms with Crippen LogP contribution in [-0.2, 0) is 0 Å². The summed E-state index contributed by atoms with van der Waals surface area (Å²) in [6.45, 7) is 1.69. The predicted octanol–water partition coefficient (Wildman–Crippen LogP) is 6.08. The normalized spacial score (nSPS) is 14.0. The van der Waals surface area contributed by atoms with Crippen molar-refractivity contribution >= 4 is 29.2 Å². The number of carbonyl (C=O) groups excluding carboxylic acids is 2. The summed E-state index contributed by atoms with van der Waals surface area (Å²) in [5, 5.41) is 0.566. The number of rotatable bonds is 6. The van der Waals surface area contributed by atoms with Crippen LogP contribution in [0.5, 0.6) is 11.5 Å². The highest BCUT2D eigenvalue weighted by Crippen LogP contribution is 2.37. The summed E-state index contributed by atoms with van der Waals surface area (Å²) >= 11 is 5.85. The second kappa shape index (κ2) is 9.02. The molecule has 1 aliphatic heterocycles. The van der Waals surface area contributed by atoms with Crippen molar-refractivity contribution in [3.05, 3.63) is 112 Å². The number of benzene rings is 3. The van der Waals surface area contributed by atoms with Gasteiger partial charge in [0.1, 0.15) is 11.5 Å². The van der Waals surface area contributed by atoms with Crippen molar-refractivity contribution in [3.63, 3.8) is 0 Å². The van der Waals surface area contributed by atoms with Gasteiger partial charge in [-0.2, -0.15) is 0 Å². The molecule has 0 aliphatic carbocycles. The molecule has 0 amide bonds. The van der Waals surface area contributed by atoms with E-state index in [2.05, 4.69) is 0 Å². The molecule has 154 valence electrons. The topological polar surface area (TPSA) is 52.6 Å². The summed E-state index contributed by atoms with van der Waals surface area (Å²) in [7, 11) is 0. The molecule has 0 bridgehead atoms. The van der Waals surface area contributed by atoms with Gasteiger partial charge in [0.05, 0.1) is 5.56 Å². The van der Waals surface area contributed by atoms with Crippen LogP contribution in [0, 0.1) is 6.92 Å². The highest BCUT2D eigenvalue weighted by atomic mass is 35.5. The van der Waals surface area contributed by atoms with Crippen LogP contribution in [0.15, 0.2) is 84.6 Å². The number of hydrogen-bond donors (Lipinski definition) is 0. The molecule has 0 atom stereocenters. The molecular formula is C26H19ClO4. The maximum atomic E-state index is 12.7. The monoisotopic (exact) mass is 430 g/mol. The lowest BCUT2D eigenvalue weighted by atomic mass is 10.0. The van der Waals surface area contributed by atoms with Crippen molar-refractivity contribution in [2.75, 3.05) is 6.61 Å². The van der Waals surface area contributed by atoms with Crippen molar-refractivity contribution in [2.24, 2.45) is 0 Å². The second-order valence-electron chi connectivity index (χ2n) is 7.06. The summed E-state index contributed by atoms with van der Waals surface area (Å²) in [6, 6.07) is 19.8. The number of fused-ring (bicyclic) bond motifs is 1. The Hall–Kier alpha value is -3.63. The van der Waals surface area contributed by atoms with Gasteiger partial charge < -0.3 is 9.47 Å². The number of halogens is 1. The SMILES string of the molecule is Cc1cc(OCC(=O)c2ccc(Cl)cc2)cc2c1C(=O)/C(=C/C=C/c1ccccc1)O2. The smallest absolute Gasteiger partial charge is 0.232 e. The van der Waals surface area contributed by atoms with Gasteiger partial charge in [-0.15, -0.1) is 0 Å². The van der Waals surface area contributed by atoms with Crippen molar-refractivity contribution in [3.8, 4) is 11.5 Å². The molecule has 0 fully saturated rings. The first kappa shape index (κ1) is 20.6. The average molecular weight is 431 g/mol. The second-order valence-corrected chi connectivity index (χ2v) is 7.50.